The first kappa shape index (κ1) is 9.16. The van der Waals surface area contributed by atoms with Crippen LogP contribution in [0.5, 0.6) is 0 Å². The molecule has 0 amide bonds. The first-order valence-corrected chi connectivity index (χ1v) is 4.71. The van der Waals surface area contributed by atoms with Crippen molar-refractivity contribution in [2.45, 2.75) is 39.4 Å². The van der Waals surface area contributed by atoms with Gasteiger partial charge >= 0.3 is 0 Å². The van der Waals surface area contributed by atoms with E-state index < -0.39 is 17.6 Å². The van der Waals surface area contributed by atoms with E-state index in [0.717, 1.165) is 0 Å². The number of carbonyl (C=O) groups excluding carboxylic acids is 1. The van der Waals surface area contributed by atoms with Crippen molar-refractivity contribution in [2.75, 3.05) is 0 Å². The molecule has 3 nitrogen and oxygen atoms in total. The zero-order chi connectivity index (χ0) is 10.0. The number of ketones is 1. The normalized spacial score (nSPS) is 53.0. The van der Waals surface area contributed by atoms with E-state index >= 15 is 0 Å². The molecule has 2 aliphatic carbocycles. The molecule has 0 spiro atoms. The summed E-state index contributed by atoms with van der Waals surface area (Å²) in [5, 5.41) is 19.6. The zero-order valence-electron chi connectivity index (χ0n) is 8.24. The van der Waals surface area contributed by atoms with Gasteiger partial charge in [-0.25, -0.2) is 0 Å². The molecule has 0 heterocycles. The first-order chi connectivity index (χ1) is 5.82. The standard InChI is InChI=1S/C10H16O3/c1-9(2)5-4-10(3,8(9)13)7(12)6(5)11/h5,7-8,12-13H,4H2,1-3H3. The number of aliphatic hydroxyl groups is 2. The highest BCUT2D eigenvalue weighted by atomic mass is 16.3. The van der Waals surface area contributed by atoms with Gasteiger partial charge in [0.25, 0.3) is 0 Å². The molecule has 2 saturated carbocycles. The summed E-state index contributed by atoms with van der Waals surface area (Å²) in [5.41, 5.74) is -0.976. The molecule has 2 rings (SSSR count). The fraction of sp³-hybridized carbons (Fsp3) is 0.900. The van der Waals surface area contributed by atoms with Gasteiger partial charge in [-0.15, -0.1) is 0 Å². The van der Waals surface area contributed by atoms with Crippen LogP contribution in [0.2, 0.25) is 0 Å². The van der Waals surface area contributed by atoms with Gasteiger partial charge in [0.1, 0.15) is 6.10 Å². The number of rotatable bonds is 0. The van der Waals surface area contributed by atoms with E-state index in [1.807, 2.05) is 13.8 Å². The minimum absolute atomic E-state index is 0.0854. The number of hydrogen-bond donors (Lipinski definition) is 2. The summed E-state index contributed by atoms with van der Waals surface area (Å²) >= 11 is 0. The van der Waals surface area contributed by atoms with Crippen LogP contribution in [-0.2, 0) is 4.79 Å². The molecule has 0 aromatic carbocycles. The maximum atomic E-state index is 11.6. The Morgan fingerprint density at radius 3 is 2.23 bits per heavy atom. The molecule has 2 fully saturated rings. The molecule has 0 aromatic rings. The molecule has 13 heavy (non-hydrogen) atoms. The quantitative estimate of drug-likeness (QED) is 0.571. The third-order valence-corrected chi connectivity index (χ3v) is 4.11. The second kappa shape index (κ2) is 2.15. The summed E-state index contributed by atoms with van der Waals surface area (Å²) in [4.78, 5) is 11.6. The predicted octanol–water partition coefficient (Wildman–Crippen LogP) is 0.343. The predicted molar refractivity (Wildman–Crippen MR) is 47.0 cm³/mol. The zero-order valence-corrected chi connectivity index (χ0v) is 8.24. The fourth-order valence-corrected chi connectivity index (χ4v) is 3.10. The second-order valence-corrected chi connectivity index (χ2v) is 5.29. The van der Waals surface area contributed by atoms with E-state index in [2.05, 4.69) is 0 Å². The highest BCUT2D eigenvalue weighted by molar-refractivity contribution is 5.90. The van der Waals surface area contributed by atoms with Crippen LogP contribution >= 0.6 is 0 Å². The molecule has 2 bridgehead atoms. The van der Waals surface area contributed by atoms with E-state index in [1.54, 1.807) is 6.92 Å². The lowest BCUT2D eigenvalue weighted by molar-refractivity contribution is -0.151. The third kappa shape index (κ3) is 0.796. The molecule has 2 N–H and O–H groups in total. The lowest BCUT2D eigenvalue weighted by atomic mass is 9.68. The van der Waals surface area contributed by atoms with Crippen LogP contribution in [0.4, 0.5) is 0 Å². The number of hydrogen-bond acceptors (Lipinski definition) is 3. The van der Waals surface area contributed by atoms with Gasteiger partial charge in [0, 0.05) is 16.7 Å². The van der Waals surface area contributed by atoms with Crippen LogP contribution in [-0.4, -0.2) is 28.2 Å². The van der Waals surface area contributed by atoms with Gasteiger partial charge in [-0.2, -0.15) is 0 Å². The molecule has 0 saturated heterocycles. The molecule has 2 aliphatic rings. The summed E-state index contributed by atoms with van der Waals surface area (Å²) in [6.45, 7) is 5.60. The first-order valence-electron chi connectivity index (χ1n) is 4.71. The van der Waals surface area contributed by atoms with Crippen LogP contribution in [0.1, 0.15) is 27.2 Å². The molecule has 0 aliphatic heterocycles. The minimum atomic E-state index is -0.958. The summed E-state index contributed by atoms with van der Waals surface area (Å²) in [5.74, 6) is -0.250. The van der Waals surface area contributed by atoms with Gasteiger partial charge in [0.2, 0.25) is 0 Å². The lowest BCUT2D eigenvalue weighted by Crippen LogP contribution is -2.52. The lowest BCUT2D eigenvalue weighted by Gasteiger charge is -2.40. The Labute approximate surface area is 77.8 Å². The van der Waals surface area contributed by atoms with Crippen molar-refractivity contribution in [3.63, 3.8) is 0 Å². The molecule has 0 radical (unpaired) electrons. The number of carbonyl (C=O) groups is 1. The van der Waals surface area contributed by atoms with Gasteiger partial charge in [-0.1, -0.05) is 20.8 Å². The van der Waals surface area contributed by atoms with Crippen LogP contribution in [0, 0.1) is 16.7 Å². The molecule has 0 aromatic heterocycles. The number of Topliss-reactive ketones (excluding diaryl/α,β-unsaturated/α-hetero) is 1. The molecular weight excluding hydrogens is 168 g/mol. The third-order valence-electron chi connectivity index (χ3n) is 4.11. The Morgan fingerprint density at radius 1 is 1.31 bits per heavy atom. The van der Waals surface area contributed by atoms with Crippen molar-refractivity contribution in [1.29, 1.82) is 0 Å². The van der Waals surface area contributed by atoms with E-state index in [4.69, 9.17) is 0 Å². The Kier molecular flexibility index (Phi) is 1.51. The Bertz CT molecular complexity index is 271. The van der Waals surface area contributed by atoms with Gasteiger partial charge in [0.05, 0.1) is 6.10 Å². The monoisotopic (exact) mass is 184 g/mol. The second-order valence-electron chi connectivity index (χ2n) is 5.29. The van der Waals surface area contributed by atoms with E-state index in [-0.39, 0.29) is 17.1 Å². The van der Waals surface area contributed by atoms with Crippen LogP contribution in [0.25, 0.3) is 0 Å². The topological polar surface area (TPSA) is 57.5 Å². The van der Waals surface area contributed by atoms with Crippen molar-refractivity contribution in [1.82, 2.24) is 0 Å². The van der Waals surface area contributed by atoms with Crippen molar-refractivity contribution < 1.29 is 15.0 Å². The molecular formula is C10H16O3. The van der Waals surface area contributed by atoms with Gasteiger partial charge in [-0.3, -0.25) is 4.79 Å². The van der Waals surface area contributed by atoms with Gasteiger partial charge < -0.3 is 10.2 Å². The minimum Gasteiger partial charge on any atom is -0.392 e. The van der Waals surface area contributed by atoms with E-state index in [1.165, 1.54) is 0 Å². The average molecular weight is 184 g/mol. The van der Waals surface area contributed by atoms with Crippen molar-refractivity contribution in [3.8, 4) is 0 Å². The Balaban J connectivity index is 2.47. The molecule has 4 unspecified atom stereocenters. The van der Waals surface area contributed by atoms with Crippen LogP contribution < -0.4 is 0 Å². The maximum Gasteiger partial charge on any atom is 0.165 e. The smallest absolute Gasteiger partial charge is 0.165 e. The summed E-state index contributed by atoms with van der Waals surface area (Å²) in [7, 11) is 0. The van der Waals surface area contributed by atoms with Gasteiger partial charge in [-0.05, 0) is 6.42 Å². The van der Waals surface area contributed by atoms with Crippen molar-refractivity contribution in [2.24, 2.45) is 16.7 Å². The largest absolute Gasteiger partial charge is 0.392 e. The highest BCUT2D eigenvalue weighted by Gasteiger charge is 2.67. The number of fused-ring (bicyclic) bond motifs is 2. The Hall–Kier alpha value is -0.410. The van der Waals surface area contributed by atoms with E-state index in [0.29, 0.717) is 6.42 Å². The van der Waals surface area contributed by atoms with E-state index in [9.17, 15) is 15.0 Å². The van der Waals surface area contributed by atoms with Crippen LogP contribution in [0.15, 0.2) is 0 Å². The highest BCUT2D eigenvalue weighted by Crippen LogP contribution is 2.60. The van der Waals surface area contributed by atoms with Crippen LogP contribution in [0.3, 0.4) is 0 Å². The maximum absolute atomic E-state index is 11.6. The SMILES string of the molecule is CC1(C)C2CC(C)(C(O)C2=O)C1O. The Morgan fingerprint density at radius 2 is 1.85 bits per heavy atom. The molecule has 3 heteroatoms. The molecule has 74 valence electrons. The summed E-state index contributed by atoms with van der Waals surface area (Å²) in [6.07, 6.45) is -0.903. The summed E-state index contributed by atoms with van der Waals surface area (Å²) < 4.78 is 0. The molecule has 4 atom stereocenters. The van der Waals surface area contributed by atoms with Crippen molar-refractivity contribution in [3.05, 3.63) is 0 Å². The summed E-state index contributed by atoms with van der Waals surface area (Å²) in [6, 6.07) is 0. The van der Waals surface area contributed by atoms with Crippen molar-refractivity contribution >= 4 is 5.78 Å². The number of aliphatic hydroxyl groups excluding tert-OH is 2. The average Bonchev–Trinajstić information content (AvgIpc) is 2.38. The van der Waals surface area contributed by atoms with Gasteiger partial charge in [0.15, 0.2) is 5.78 Å². The fourth-order valence-electron chi connectivity index (χ4n) is 3.10.